The molecule has 2 nitrogen and oxygen atoms in total. The Bertz CT molecular complexity index is 469. The fraction of sp³-hybridized carbons (Fsp3) is 0.167. The molecular formula is C12H9NO. The van der Waals surface area contributed by atoms with E-state index in [0.717, 1.165) is 11.1 Å². The van der Waals surface area contributed by atoms with Crippen molar-refractivity contribution in [2.75, 3.05) is 0 Å². The van der Waals surface area contributed by atoms with Crippen molar-refractivity contribution in [3.63, 3.8) is 0 Å². The molecule has 0 fully saturated rings. The average Bonchev–Trinajstić information content (AvgIpc) is 2.14. The third-order valence-corrected chi connectivity index (χ3v) is 1.87. The zero-order chi connectivity index (χ0) is 10.6. The van der Waals surface area contributed by atoms with Crippen LogP contribution in [0.3, 0.4) is 0 Å². The number of nitriles is 1. The number of aryl methyl sites for hydroxylation is 1. The number of Topliss-reactive ketones (excluding diaryl/α,β-unsaturated/α-hetero) is 1. The van der Waals surface area contributed by atoms with Crippen molar-refractivity contribution in [1.29, 1.82) is 5.26 Å². The molecule has 1 rings (SSSR count). The van der Waals surface area contributed by atoms with Crippen LogP contribution in [-0.2, 0) is 0 Å². The molecule has 0 unspecified atom stereocenters. The first kappa shape index (κ1) is 10.0. The topological polar surface area (TPSA) is 40.9 Å². The molecule has 0 amide bonds. The smallest absolute Gasteiger partial charge is 0.160 e. The van der Waals surface area contributed by atoms with E-state index >= 15 is 0 Å². The summed E-state index contributed by atoms with van der Waals surface area (Å²) in [5.74, 6) is 5.03. The Morgan fingerprint density at radius 2 is 2.14 bits per heavy atom. The van der Waals surface area contributed by atoms with Gasteiger partial charge in [0.05, 0.1) is 0 Å². The summed E-state index contributed by atoms with van der Waals surface area (Å²) < 4.78 is 0. The van der Waals surface area contributed by atoms with Crippen molar-refractivity contribution in [3.8, 4) is 17.9 Å². The van der Waals surface area contributed by atoms with Crippen LogP contribution in [0, 0.1) is 30.1 Å². The van der Waals surface area contributed by atoms with Gasteiger partial charge in [0.15, 0.2) is 11.9 Å². The Morgan fingerprint density at radius 3 is 2.64 bits per heavy atom. The number of carbonyl (C=O) groups excluding carboxylic acids is 1. The van der Waals surface area contributed by atoms with Crippen molar-refractivity contribution in [1.82, 2.24) is 0 Å². The van der Waals surface area contributed by atoms with Gasteiger partial charge < -0.3 is 0 Å². The van der Waals surface area contributed by atoms with Gasteiger partial charge in [0.1, 0.15) is 0 Å². The van der Waals surface area contributed by atoms with Crippen LogP contribution in [0.5, 0.6) is 0 Å². The van der Waals surface area contributed by atoms with Crippen molar-refractivity contribution in [2.45, 2.75) is 13.8 Å². The van der Waals surface area contributed by atoms with Crippen LogP contribution in [0.2, 0.25) is 0 Å². The van der Waals surface area contributed by atoms with Crippen molar-refractivity contribution in [2.24, 2.45) is 0 Å². The summed E-state index contributed by atoms with van der Waals surface area (Å²) in [5.41, 5.74) is 2.35. The van der Waals surface area contributed by atoms with Crippen LogP contribution < -0.4 is 0 Å². The molecule has 0 spiro atoms. The summed E-state index contributed by atoms with van der Waals surface area (Å²) >= 11 is 0. The molecule has 68 valence electrons. The van der Waals surface area contributed by atoms with E-state index in [9.17, 15) is 4.79 Å². The summed E-state index contributed by atoms with van der Waals surface area (Å²) in [7, 11) is 0. The molecule has 1 aromatic carbocycles. The lowest BCUT2D eigenvalue weighted by atomic mass is 10.0. The minimum absolute atomic E-state index is 0.0438. The predicted molar refractivity (Wildman–Crippen MR) is 53.7 cm³/mol. The summed E-state index contributed by atoms with van der Waals surface area (Å²) in [5, 5.41) is 8.26. The summed E-state index contributed by atoms with van der Waals surface area (Å²) in [6, 6.07) is 7.03. The molecule has 0 aliphatic rings. The van der Waals surface area contributed by atoms with Gasteiger partial charge in [-0.2, -0.15) is 5.26 Å². The average molecular weight is 183 g/mol. The quantitative estimate of drug-likeness (QED) is 0.494. The standard InChI is InChI=1S/C12H9NO/c1-9-8-11(4-3-7-13)5-6-12(9)10(2)14/h5-6,8H,1-2H3. The lowest BCUT2D eigenvalue weighted by molar-refractivity contribution is 0.101. The van der Waals surface area contributed by atoms with Crippen molar-refractivity contribution in [3.05, 3.63) is 34.9 Å². The van der Waals surface area contributed by atoms with E-state index in [0.29, 0.717) is 5.56 Å². The van der Waals surface area contributed by atoms with Gasteiger partial charge in [-0.1, -0.05) is 5.92 Å². The molecular weight excluding hydrogens is 174 g/mol. The van der Waals surface area contributed by atoms with Gasteiger partial charge in [0, 0.05) is 17.0 Å². The van der Waals surface area contributed by atoms with E-state index in [4.69, 9.17) is 5.26 Å². The van der Waals surface area contributed by atoms with Gasteiger partial charge in [0.25, 0.3) is 0 Å². The first-order chi connectivity index (χ1) is 6.65. The molecule has 0 aliphatic carbocycles. The third kappa shape index (κ3) is 2.21. The first-order valence-corrected chi connectivity index (χ1v) is 4.17. The maximum Gasteiger partial charge on any atom is 0.160 e. The highest BCUT2D eigenvalue weighted by molar-refractivity contribution is 5.95. The van der Waals surface area contributed by atoms with Crippen molar-refractivity contribution >= 4 is 5.78 Å². The minimum atomic E-state index is 0.0438. The number of rotatable bonds is 1. The molecule has 0 bridgehead atoms. The van der Waals surface area contributed by atoms with Crippen molar-refractivity contribution < 1.29 is 4.79 Å². The lowest BCUT2D eigenvalue weighted by Crippen LogP contribution is -1.95. The number of ketones is 1. The van der Waals surface area contributed by atoms with Crippen LogP contribution in [0.25, 0.3) is 0 Å². The van der Waals surface area contributed by atoms with Gasteiger partial charge in [-0.15, -0.1) is 0 Å². The van der Waals surface area contributed by atoms with E-state index in [1.807, 2.05) is 6.92 Å². The monoisotopic (exact) mass is 183 g/mol. The van der Waals surface area contributed by atoms with E-state index < -0.39 is 0 Å². The first-order valence-electron chi connectivity index (χ1n) is 4.17. The number of carbonyl (C=O) groups is 1. The Hall–Kier alpha value is -2.06. The Balaban J connectivity index is 3.14. The normalized spacial score (nSPS) is 8.36. The fourth-order valence-electron chi connectivity index (χ4n) is 1.24. The molecule has 0 atom stereocenters. The molecule has 0 N–H and O–H groups in total. The van der Waals surface area contributed by atoms with Gasteiger partial charge >= 0.3 is 0 Å². The molecule has 1 aromatic rings. The van der Waals surface area contributed by atoms with E-state index in [-0.39, 0.29) is 5.78 Å². The van der Waals surface area contributed by atoms with Gasteiger partial charge in [-0.05, 0) is 37.6 Å². The number of hydrogen-bond acceptors (Lipinski definition) is 2. The Labute approximate surface area is 83.2 Å². The van der Waals surface area contributed by atoms with Crippen LogP contribution in [-0.4, -0.2) is 5.78 Å². The molecule has 0 aromatic heterocycles. The van der Waals surface area contributed by atoms with Gasteiger partial charge in [0.2, 0.25) is 0 Å². The highest BCUT2D eigenvalue weighted by Gasteiger charge is 2.02. The van der Waals surface area contributed by atoms with E-state index in [1.54, 1.807) is 24.3 Å². The second-order valence-electron chi connectivity index (χ2n) is 2.95. The second kappa shape index (κ2) is 4.25. The highest BCUT2D eigenvalue weighted by Crippen LogP contribution is 2.10. The highest BCUT2D eigenvalue weighted by atomic mass is 16.1. The molecule has 0 radical (unpaired) electrons. The molecule has 14 heavy (non-hydrogen) atoms. The Morgan fingerprint density at radius 1 is 1.43 bits per heavy atom. The van der Waals surface area contributed by atoms with Crippen LogP contribution in [0.4, 0.5) is 0 Å². The van der Waals surface area contributed by atoms with E-state index in [2.05, 4.69) is 11.8 Å². The molecule has 0 aliphatic heterocycles. The summed E-state index contributed by atoms with van der Waals surface area (Å²) in [6.45, 7) is 3.39. The molecule has 0 heterocycles. The summed E-state index contributed by atoms with van der Waals surface area (Å²) in [4.78, 5) is 11.1. The minimum Gasteiger partial charge on any atom is -0.295 e. The third-order valence-electron chi connectivity index (χ3n) is 1.87. The largest absolute Gasteiger partial charge is 0.295 e. The van der Waals surface area contributed by atoms with Crippen LogP contribution in [0.1, 0.15) is 28.4 Å². The zero-order valence-corrected chi connectivity index (χ0v) is 8.09. The second-order valence-corrected chi connectivity index (χ2v) is 2.95. The molecule has 2 heteroatoms. The zero-order valence-electron chi connectivity index (χ0n) is 8.09. The number of benzene rings is 1. The van der Waals surface area contributed by atoms with E-state index in [1.165, 1.54) is 6.92 Å². The fourth-order valence-corrected chi connectivity index (χ4v) is 1.24. The van der Waals surface area contributed by atoms with Gasteiger partial charge in [-0.3, -0.25) is 4.79 Å². The number of hydrogen-bond donors (Lipinski definition) is 0. The number of nitrogens with zero attached hydrogens (tertiary/aromatic N) is 1. The van der Waals surface area contributed by atoms with Crippen LogP contribution in [0.15, 0.2) is 18.2 Å². The predicted octanol–water partition coefficient (Wildman–Crippen LogP) is 2.07. The maximum atomic E-state index is 11.1. The van der Waals surface area contributed by atoms with Crippen LogP contribution >= 0.6 is 0 Å². The maximum absolute atomic E-state index is 11.1. The Kier molecular flexibility index (Phi) is 3.05. The molecule has 0 saturated heterocycles. The lowest BCUT2D eigenvalue weighted by Gasteiger charge is -2.01. The van der Waals surface area contributed by atoms with Gasteiger partial charge in [-0.25, -0.2) is 0 Å². The molecule has 0 saturated carbocycles. The summed E-state index contributed by atoms with van der Waals surface area (Å²) in [6.07, 6.45) is 0. The SMILES string of the molecule is CC(=O)c1ccc(C#CC#N)cc1C.